The summed E-state index contributed by atoms with van der Waals surface area (Å²) in [5.74, 6) is -2.42. The number of benzene rings is 1. The molecule has 2 amide bonds. The summed E-state index contributed by atoms with van der Waals surface area (Å²) in [5, 5.41) is 11.1. The van der Waals surface area contributed by atoms with E-state index in [2.05, 4.69) is 0 Å². The number of carboxylic acids is 1. The van der Waals surface area contributed by atoms with Crippen LogP contribution in [0.5, 0.6) is 0 Å². The number of imide groups is 1. The molecule has 0 atom stereocenters. The number of nitrogens with zero attached hydrogens (tertiary/aromatic N) is 1. The van der Waals surface area contributed by atoms with E-state index in [0.29, 0.717) is 0 Å². The third-order valence-electron chi connectivity index (χ3n) is 3.33. The first-order valence-electron chi connectivity index (χ1n) is 5.27. The first-order valence-corrected chi connectivity index (χ1v) is 5.27. The minimum Gasteiger partial charge on any atom is -0.548 e. The highest BCUT2D eigenvalue weighted by molar-refractivity contribution is 6.23. The number of carbonyl (C=O) groups is 3. The van der Waals surface area contributed by atoms with Gasteiger partial charge in [0, 0.05) is 0 Å². The van der Waals surface area contributed by atoms with Crippen molar-refractivity contribution in [3.63, 3.8) is 0 Å². The van der Waals surface area contributed by atoms with Crippen molar-refractivity contribution in [3.05, 3.63) is 35.4 Å². The molecule has 1 aliphatic heterocycles. The van der Waals surface area contributed by atoms with Gasteiger partial charge in [0.1, 0.15) is 0 Å². The van der Waals surface area contributed by atoms with E-state index in [-0.39, 0.29) is 24.0 Å². The lowest BCUT2D eigenvalue weighted by Crippen LogP contribution is -2.52. The van der Waals surface area contributed by atoms with Crippen LogP contribution in [0, 0.1) is 0 Å². The van der Waals surface area contributed by atoms with Gasteiger partial charge in [0.05, 0.1) is 22.6 Å². The quantitative estimate of drug-likeness (QED) is 0.645. The molecule has 5 heteroatoms. The minimum atomic E-state index is -1.41. The number of hydrogen-bond acceptors (Lipinski definition) is 4. The number of fused-ring (bicyclic) bond motifs is 1. The molecule has 0 N–H and O–H groups in total. The van der Waals surface area contributed by atoms with Crippen LogP contribution in [0.3, 0.4) is 0 Å². The molecule has 0 radical (unpaired) electrons. The largest absolute Gasteiger partial charge is 0.548 e. The third kappa shape index (κ3) is 1.11. The Morgan fingerprint density at radius 2 is 1.59 bits per heavy atom. The molecule has 1 saturated carbocycles. The maximum Gasteiger partial charge on any atom is 0.262 e. The van der Waals surface area contributed by atoms with Crippen LogP contribution < -0.4 is 5.11 Å². The molecular weight excluding hydrogens is 222 g/mol. The molecule has 17 heavy (non-hydrogen) atoms. The monoisotopic (exact) mass is 230 g/mol. The Kier molecular flexibility index (Phi) is 1.73. The van der Waals surface area contributed by atoms with Crippen molar-refractivity contribution in [2.45, 2.75) is 18.4 Å². The van der Waals surface area contributed by atoms with Crippen molar-refractivity contribution in [3.8, 4) is 0 Å². The van der Waals surface area contributed by atoms with Crippen LogP contribution in [0.15, 0.2) is 24.3 Å². The van der Waals surface area contributed by atoms with Gasteiger partial charge >= 0.3 is 0 Å². The van der Waals surface area contributed by atoms with Gasteiger partial charge in [0.25, 0.3) is 11.8 Å². The molecule has 5 nitrogen and oxygen atoms in total. The Hall–Kier alpha value is -2.17. The van der Waals surface area contributed by atoms with Crippen LogP contribution >= 0.6 is 0 Å². The summed E-state index contributed by atoms with van der Waals surface area (Å²) in [4.78, 5) is 35.9. The molecule has 1 aliphatic carbocycles. The summed E-state index contributed by atoms with van der Waals surface area (Å²) in [6, 6.07) is 6.35. The molecule has 0 unspecified atom stereocenters. The summed E-state index contributed by atoms with van der Waals surface area (Å²) in [7, 11) is 0. The van der Waals surface area contributed by atoms with Crippen LogP contribution in [0.4, 0.5) is 0 Å². The van der Waals surface area contributed by atoms with E-state index >= 15 is 0 Å². The molecule has 0 bridgehead atoms. The van der Waals surface area contributed by atoms with Gasteiger partial charge in [0.2, 0.25) is 0 Å². The lowest BCUT2D eigenvalue weighted by atomic mass is 10.1. The lowest BCUT2D eigenvalue weighted by molar-refractivity contribution is -0.312. The van der Waals surface area contributed by atoms with Gasteiger partial charge in [-0.1, -0.05) is 12.1 Å². The Balaban J connectivity index is 2.10. The predicted molar refractivity (Wildman–Crippen MR) is 53.9 cm³/mol. The zero-order valence-corrected chi connectivity index (χ0v) is 8.80. The molecule has 86 valence electrons. The zero-order chi connectivity index (χ0) is 12.2. The first-order chi connectivity index (χ1) is 8.08. The second-order valence-electron chi connectivity index (χ2n) is 4.31. The van der Waals surface area contributed by atoms with E-state index in [1.165, 1.54) is 12.1 Å². The van der Waals surface area contributed by atoms with Crippen molar-refractivity contribution in [1.82, 2.24) is 4.90 Å². The summed E-state index contributed by atoms with van der Waals surface area (Å²) in [6.45, 7) is 0. The molecule has 1 fully saturated rings. The maximum absolute atomic E-state index is 12.0. The van der Waals surface area contributed by atoms with Crippen molar-refractivity contribution >= 4 is 17.8 Å². The number of aliphatic carboxylic acids is 1. The third-order valence-corrected chi connectivity index (χ3v) is 3.33. The van der Waals surface area contributed by atoms with E-state index < -0.39 is 23.3 Å². The van der Waals surface area contributed by atoms with Crippen LogP contribution in [0.1, 0.15) is 33.6 Å². The van der Waals surface area contributed by atoms with Gasteiger partial charge in [0.15, 0.2) is 0 Å². The van der Waals surface area contributed by atoms with Gasteiger partial charge in [-0.25, -0.2) is 0 Å². The Bertz CT molecular complexity index is 524. The van der Waals surface area contributed by atoms with Crippen molar-refractivity contribution < 1.29 is 19.5 Å². The molecule has 1 aromatic rings. The fraction of sp³-hybridized carbons (Fsp3) is 0.250. The fourth-order valence-corrected chi connectivity index (χ4v) is 2.22. The van der Waals surface area contributed by atoms with Gasteiger partial charge in [-0.15, -0.1) is 0 Å². The topological polar surface area (TPSA) is 77.5 Å². The van der Waals surface area contributed by atoms with E-state index in [0.717, 1.165) is 4.90 Å². The van der Waals surface area contributed by atoms with Crippen molar-refractivity contribution in [2.24, 2.45) is 0 Å². The molecule has 1 heterocycles. The number of amides is 2. The lowest BCUT2D eigenvalue weighted by Gasteiger charge is -2.26. The highest BCUT2D eigenvalue weighted by atomic mass is 16.4. The zero-order valence-electron chi connectivity index (χ0n) is 8.80. The number of carboxylic acid groups (broad SMARTS) is 1. The molecule has 3 rings (SSSR count). The maximum atomic E-state index is 12.0. The van der Waals surface area contributed by atoms with E-state index in [4.69, 9.17) is 0 Å². The standard InChI is InChI=1S/C12H9NO4/c14-9-7-3-1-2-4-8(7)10(15)13(9)12(5-6-12)11(16)17/h1-4H,5-6H2,(H,16,17)/p-1. The van der Waals surface area contributed by atoms with Gasteiger partial charge in [-0.3, -0.25) is 14.5 Å². The first kappa shape index (κ1) is 10.0. The van der Waals surface area contributed by atoms with E-state index in [9.17, 15) is 19.5 Å². The van der Waals surface area contributed by atoms with Crippen LogP contribution in [-0.4, -0.2) is 28.2 Å². The summed E-state index contributed by atoms with van der Waals surface area (Å²) < 4.78 is 0. The van der Waals surface area contributed by atoms with Crippen LogP contribution in [-0.2, 0) is 4.79 Å². The fourth-order valence-electron chi connectivity index (χ4n) is 2.22. The van der Waals surface area contributed by atoms with Crippen molar-refractivity contribution in [1.29, 1.82) is 0 Å². The second-order valence-corrected chi connectivity index (χ2v) is 4.31. The van der Waals surface area contributed by atoms with Crippen molar-refractivity contribution in [2.75, 3.05) is 0 Å². The highest BCUT2D eigenvalue weighted by Gasteiger charge is 2.57. The van der Waals surface area contributed by atoms with Gasteiger partial charge < -0.3 is 9.90 Å². The molecule has 1 aromatic carbocycles. The Morgan fingerprint density at radius 1 is 1.12 bits per heavy atom. The number of hydrogen-bond donors (Lipinski definition) is 0. The van der Waals surface area contributed by atoms with Gasteiger partial charge in [-0.05, 0) is 25.0 Å². The molecule has 0 saturated heterocycles. The molecular formula is C12H8NO4-. The van der Waals surface area contributed by atoms with Crippen LogP contribution in [0.25, 0.3) is 0 Å². The van der Waals surface area contributed by atoms with Crippen LogP contribution in [0.2, 0.25) is 0 Å². The summed E-state index contributed by atoms with van der Waals surface area (Å²) in [6.07, 6.45) is 0.557. The van der Waals surface area contributed by atoms with E-state index in [1.54, 1.807) is 12.1 Å². The Labute approximate surface area is 96.6 Å². The SMILES string of the molecule is O=C1c2ccccc2C(=O)N1C1(C(=O)[O-])CC1. The highest BCUT2D eigenvalue weighted by Crippen LogP contribution is 2.45. The summed E-state index contributed by atoms with van der Waals surface area (Å²) in [5.41, 5.74) is -0.872. The number of carbonyl (C=O) groups excluding carboxylic acids is 3. The molecule has 0 spiro atoms. The number of rotatable bonds is 2. The molecule has 0 aromatic heterocycles. The van der Waals surface area contributed by atoms with Gasteiger partial charge in [-0.2, -0.15) is 0 Å². The smallest absolute Gasteiger partial charge is 0.262 e. The average Bonchev–Trinajstić information content (AvgIpc) is 3.06. The predicted octanol–water partition coefficient (Wildman–Crippen LogP) is -0.435. The minimum absolute atomic E-state index is 0.269. The molecule has 2 aliphatic rings. The summed E-state index contributed by atoms with van der Waals surface area (Å²) >= 11 is 0. The second kappa shape index (κ2) is 2.94. The van der Waals surface area contributed by atoms with E-state index in [1.807, 2.05) is 0 Å². The normalized spacial score (nSPS) is 20.4. The Morgan fingerprint density at radius 3 is 1.94 bits per heavy atom. The average molecular weight is 230 g/mol.